The summed E-state index contributed by atoms with van der Waals surface area (Å²) in [5, 5.41) is 6.56. The maximum absolute atomic E-state index is 13.5. The first-order valence-electron chi connectivity index (χ1n) is 13.0. The molecule has 2 atom stereocenters. The van der Waals surface area contributed by atoms with Crippen LogP contribution in [0.3, 0.4) is 0 Å². The van der Waals surface area contributed by atoms with E-state index in [0.717, 1.165) is 54.9 Å². The lowest BCUT2D eigenvalue weighted by atomic mass is 10.00. The molecule has 0 saturated carbocycles. The van der Waals surface area contributed by atoms with E-state index in [0.29, 0.717) is 6.54 Å². The molecule has 2 aliphatic rings. The Balaban J connectivity index is 1.07. The van der Waals surface area contributed by atoms with Crippen molar-refractivity contribution in [3.05, 3.63) is 101 Å². The molecule has 9 heteroatoms. The van der Waals surface area contributed by atoms with Gasteiger partial charge in [0.15, 0.2) is 0 Å². The van der Waals surface area contributed by atoms with Gasteiger partial charge in [-0.1, -0.05) is 30.3 Å². The summed E-state index contributed by atoms with van der Waals surface area (Å²) in [5.41, 5.74) is 2.76. The highest BCUT2D eigenvalue weighted by Crippen LogP contribution is 2.32. The summed E-state index contributed by atoms with van der Waals surface area (Å²) in [6, 6.07) is 16.3. The van der Waals surface area contributed by atoms with Gasteiger partial charge >= 0.3 is 0 Å². The van der Waals surface area contributed by atoms with Crippen LogP contribution in [0.25, 0.3) is 0 Å². The SMILES string of the molecule is O=C(NCCN1CCC(OC(c2ccc(F)cc2)c2ccc(F)cc2)CC1)[C@@H]1CSC(c2cccnc2)N1. The molecule has 2 saturated heterocycles. The van der Waals surface area contributed by atoms with E-state index in [4.69, 9.17) is 4.74 Å². The third-order valence-electron chi connectivity index (χ3n) is 7.02. The van der Waals surface area contributed by atoms with Crippen molar-refractivity contribution in [2.75, 3.05) is 31.9 Å². The Bertz CT molecular complexity index is 1130. The van der Waals surface area contributed by atoms with Gasteiger partial charge in [0.25, 0.3) is 0 Å². The lowest BCUT2D eigenvalue weighted by Gasteiger charge is -2.34. The van der Waals surface area contributed by atoms with Gasteiger partial charge in [-0.05, 0) is 59.9 Å². The standard InChI is InChI=1S/C29H32F2N4O2S/c30-23-7-3-20(4-8-23)27(21-5-9-24(31)10-6-21)37-25-11-15-35(16-12-25)17-14-33-28(36)26-19-38-29(34-26)22-2-1-13-32-18-22/h1-10,13,18,25-27,29,34H,11-12,14-17,19H2,(H,33,36)/t26-,29?/m0/s1. The molecule has 2 N–H and O–H groups in total. The van der Waals surface area contributed by atoms with Gasteiger partial charge in [-0.3, -0.25) is 15.1 Å². The van der Waals surface area contributed by atoms with E-state index in [1.807, 2.05) is 18.3 Å². The predicted octanol–water partition coefficient (Wildman–Crippen LogP) is 4.45. The summed E-state index contributed by atoms with van der Waals surface area (Å²) in [6.07, 6.45) is 4.92. The van der Waals surface area contributed by atoms with E-state index in [1.165, 1.54) is 24.3 Å². The average molecular weight is 539 g/mol. The van der Waals surface area contributed by atoms with Crippen molar-refractivity contribution in [1.82, 2.24) is 20.5 Å². The molecule has 3 aromatic rings. The van der Waals surface area contributed by atoms with Crippen molar-refractivity contribution in [2.24, 2.45) is 0 Å². The zero-order chi connectivity index (χ0) is 26.3. The van der Waals surface area contributed by atoms with Crippen LogP contribution in [0.5, 0.6) is 0 Å². The summed E-state index contributed by atoms with van der Waals surface area (Å²) in [6.45, 7) is 3.10. The van der Waals surface area contributed by atoms with Gasteiger partial charge < -0.3 is 15.0 Å². The molecule has 2 aromatic carbocycles. The lowest BCUT2D eigenvalue weighted by Crippen LogP contribution is -2.46. The van der Waals surface area contributed by atoms with Crippen LogP contribution in [-0.2, 0) is 9.53 Å². The van der Waals surface area contributed by atoms with Crippen molar-refractivity contribution >= 4 is 17.7 Å². The molecular weight excluding hydrogens is 506 g/mol. The van der Waals surface area contributed by atoms with Gasteiger partial charge in [0.1, 0.15) is 17.7 Å². The monoisotopic (exact) mass is 538 g/mol. The highest BCUT2D eigenvalue weighted by molar-refractivity contribution is 7.99. The fourth-order valence-corrected chi connectivity index (χ4v) is 6.12. The Labute approximate surface area is 226 Å². The number of carbonyl (C=O) groups is 1. The van der Waals surface area contributed by atoms with Crippen molar-refractivity contribution < 1.29 is 18.3 Å². The van der Waals surface area contributed by atoms with Crippen LogP contribution in [0.2, 0.25) is 0 Å². The topological polar surface area (TPSA) is 66.5 Å². The number of halogens is 2. The molecule has 1 amide bonds. The number of carbonyl (C=O) groups excluding carboxylic acids is 1. The zero-order valence-corrected chi connectivity index (χ0v) is 21.9. The summed E-state index contributed by atoms with van der Waals surface area (Å²) in [4.78, 5) is 19.2. The Hall–Kier alpha value is -2.85. The number of nitrogens with one attached hydrogen (secondary N) is 2. The van der Waals surface area contributed by atoms with E-state index in [-0.39, 0.29) is 41.2 Å². The normalized spacial score (nSPS) is 20.6. The zero-order valence-electron chi connectivity index (χ0n) is 21.1. The number of nitrogens with zero attached hydrogens (tertiary/aromatic N) is 2. The highest BCUT2D eigenvalue weighted by Gasteiger charge is 2.31. The van der Waals surface area contributed by atoms with Gasteiger partial charge in [-0.15, -0.1) is 11.8 Å². The van der Waals surface area contributed by atoms with Gasteiger partial charge in [0, 0.05) is 44.3 Å². The van der Waals surface area contributed by atoms with E-state index in [9.17, 15) is 13.6 Å². The van der Waals surface area contributed by atoms with Crippen molar-refractivity contribution in [1.29, 1.82) is 0 Å². The fourth-order valence-electron chi connectivity index (χ4n) is 4.89. The smallest absolute Gasteiger partial charge is 0.238 e. The largest absolute Gasteiger partial charge is 0.365 e. The van der Waals surface area contributed by atoms with E-state index < -0.39 is 0 Å². The number of hydrogen-bond acceptors (Lipinski definition) is 6. The molecule has 0 aliphatic carbocycles. The van der Waals surface area contributed by atoms with Crippen LogP contribution in [0.15, 0.2) is 73.1 Å². The van der Waals surface area contributed by atoms with Crippen molar-refractivity contribution in [2.45, 2.75) is 36.5 Å². The fraction of sp³-hybridized carbons (Fsp3) is 0.379. The average Bonchev–Trinajstić information content (AvgIpc) is 3.45. The molecule has 200 valence electrons. The molecule has 1 aromatic heterocycles. The van der Waals surface area contributed by atoms with E-state index in [1.54, 1.807) is 42.2 Å². The Morgan fingerprint density at radius 3 is 2.32 bits per heavy atom. The van der Waals surface area contributed by atoms with Crippen LogP contribution in [-0.4, -0.2) is 59.9 Å². The van der Waals surface area contributed by atoms with Crippen LogP contribution in [0.1, 0.15) is 41.0 Å². The third-order valence-corrected chi connectivity index (χ3v) is 8.29. The third kappa shape index (κ3) is 6.96. The lowest BCUT2D eigenvalue weighted by molar-refractivity contribution is -0.122. The maximum atomic E-state index is 13.5. The minimum atomic E-state index is -0.390. The Morgan fingerprint density at radius 1 is 1.05 bits per heavy atom. The summed E-state index contributed by atoms with van der Waals surface area (Å²) >= 11 is 1.72. The van der Waals surface area contributed by atoms with Crippen molar-refractivity contribution in [3.8, 4) is 0 Å². The number of pyridine rings is 1. The molecule has 1 unspecified atom stereocenters. The number of aromatic nitrogens is 1. The summed E-state index contributed by atoms with van der Waals surface area (Å²) < 4.78 is 33.5. The number of amides is 1. The number of hydrogen-bond donors (Lipinski definition) is 2. The first-order valence-corrected chi connectivity index (χ1v) is 14.0. The number of thioether (sulfide) groups is 1. The van der Waals surface area contributed by atoms with Crippen LogP contribution in [0, 0.1) is 11.6 Å². The number of piperidine rings is 1. The van der Waals surface area contributed by atoms with Gasteiger partial charge in [-0.25, -0.2) is 8.78 Å². The molecule has 0 radical (unpaired) electrons. The van der Waals surface area contributed by atoms with Gasteiger partial charge in [0.2, 0.25) is 5.91 Å². The molecule has 0 bridgehead atoms. The quantitative estimate of drug-likeness (QED) is 0.420. The minimum absolute atomic E-state index is 0.0311. The second-order valence-electron chi connectivity index (χ2n) is 9.67. The molecule has 2 aliphatic heterocycles. The molecule has 3 heterocycles. The second-order valence-corrected chi connectivity index (χ2v) is 10.8. The summed E-state index contributed by atoms with van der Waals surface area (Å²) in [7, 11) is 0. The molecular formula is C29H32F2N4O2S. The molecule has 2 fully saturated rings. The minimum Gasteiger partial charge on any atom is -0.365 e. The number of rotatable bonds is 9. The van der Waals surface area contributed by atoms with E-state index >= 15 is 0 Å². The van der Waals surface area contributed by atoms with Crippen molar-refractivity contribution in [3.63, 3.8) is 0 Å². The molecule has 38 heavy (non-hydrogen) atoms. The Kier molecular flexibility index (Phi) is 9.01. The highest BCUT2D eigenvalue weighted by atomic mass is 32.2. The first kappa shape index (κ1) is 26.7. The first-order chi connectivity index (χ1) is 18.5. The predicted molar refractivity (Wildman–Crippen MR) is 145 cm³/mol. The number of ether oxygens (including phenoxy) is 1. The summed E-state index contributed by atoms with van der Waals surface area (Å²) in [5.74, 6) is 0.159. The molecule has 0 spiro atoms. The molecule has 5 rings (SSSR count). The second kappa shape index (κ2) is 12.8. The van der Waals surface area contributed by atoms with E-state index in [2.05, 4.69) is 20.5 Å². The molecule has 6 nitrogen and oxygen atoms in total. The van der Waals surface area contributed by atoms with Crippen LogP contribution >= 0.6 is 11.8 Å². The number of benzene rings is 2. The van der Waals surface area contributed by atoms with Gasteiger partial charge in [0.05, 0.1) is 17.5 Å². The number of likely N-dealkylation sites (tertiary alicyclic amines) is 1. The van der Waals surface area contributed by atoms with Crippen LogP contribution < -0.4 is 10.6 Å². The van der Waals surface area contributed by atoms with Gasteiger partial charge in [-0.2, -0.15) is 0 Å². The maximum Gasteiger partial charge on any atom is 0.238 e. The van der Waals surface area contributed by atoms with Crippen LogP contribution in [0.4, 0.5) is 8.78 Å². The Morgan fingerprint density at radius 2 is 1.71 bits per heavy atom.